The highest BCUT2D eigenvalue weighted by atomic mass is 35.5. The maximum Gasteiger partial charge on any atom is 0.246 e. The molecule has 2 N–H and O–H groups in total. The van der Waals surface area contributed by atoms with Crippen LogP contribution in [0.15, 0.2) is 30.5 Å². The molecule has 0 radical (unpaired) electrons. The molecule has 154 valence electrons. The number of benzene rings is 1. The van der Waals surface area contributed by atoms with Crippen molar-refractivity contribution >= 4 is 41.1 Å². The van der Waals surface area contributed by atoms with Crippen LogP contribution in [0.3, 0.4) is 0 Å². The molecule has 0 unspecified atom stereocenters. The highest BCUT2D eigenvalue weighted by Gasteiger charge is 2.22. The lowest BCUT2D eigenvalue weighted by Gasteiger charge is -2.31. The molecule has 1 aliphatic heterocycles. The molecule has 0 spiro atoms. The lowest BCUT2D eigenvalue weighted by atomic mass is 10.0. The number of rotatable bonds is 7. The zero-order valence-corrected chi connectivity index (χ0v) is 17.4. The maximum atomic E-state index is 12.4. The molecule has 1 fully saturated rings. The number of hydrogen-bond acceptors (Lipinski definition) is 4. The van der Waals surface area contributed by atoms with Crippen LogP contribution in [-0.4, -0.2) is 51.3 Å². The number of aryl methyl sites for hydroxylation is 1. The Hall–Kier alpha value is -2.38. The summed E-state index contributed by atoms with van der Waals surface area (Å²) in [5, 5.41) is 14.3. The molecule has 2 aromatic rings. The smallest absolute Gasteiger partial charge is 0.246 e. The van der Waals surface area contributed by atoms with Gasteiger partial charge in [0.25, 0.3) is 0 Å². The molecule has 29 heavy (non-hydrogen) atoms. The third-order valence-electron chi connectivity index (χ3n) is 4.84. The van der Waals surface area contributed by atoms with Gasteiger partial charge in [0.05, 0.1) is 5.69 Å². The number of amides is 2. The summed E-state index contributed by atoms with van der Waals surface area (Å²) in [6.45, 7) is 1.23. The Morgan fingerprint density at radius 1 is 1.28 bits per heavy atom. The van der Waals surface area contributed by atoms with Gasteiger partial charge in [-0.05, 0) is 49.5 Å². The largest absolute Gasteiger partial charge is 0.353 e. The lowest BCUT2D eigenvalue weighted by Crippen LogP contribution is -2.46. The molecule has 9 heteroatoms. The van der Waals surface area contributed by atoms with Gasteiger partial charge in [0.1, 0.15) is 0 Å². The van der Waals surface area contributed by atoms with E-state index in [0.717, 1.165) is 36.9 Å². The minimum Gasteiger partial charge on any atom is -0.353 e. The van der Waals surface area contributed by atoms with Gasteiger partial charge in [0.15, 0.2) is 0 Å². The van der Waals surface area contributed by atoms with Gasteiger partial charge in [-0.2, -0.15) is 0 Å². The SMILES string of the molecule is O=C(CCCc1c[nH]nn1)NC1CCN(C(=O)/C=C/c2ccc(Cl)cc2Cl)CC1. The van der Waals surface area contributed by atoms with Crippen molar-refractivity contribution in [2.24, 2.45) is 0 Å². The number of aromatic amines is 1. The van der Waals surface area contributed by atoms with E-state index < -0.39 is 0 Å². The van der Waals surface area contributed by atoms with E-state index in [4.69, 9.17) is 23.2 Å². The standard InChI is InChI=1S/C20H23Cl2N5O2/c21-15-6-4-14(18(22)12-15)5-7-20(29)27-10-8-16(9-11-27)24-19(28)3-1-2-17-13-23-26-25-17/h4-7,12-13,16H,1-3,8-11H2,(H,24,28)(H,23,25,26)/b7-5+. The zero-order chi connectivity index (χ0) is 20.6. The molecule has 7 nitrogen and oxygen atoms in total. The number of likely N-dealkylation sites (tertiary alicyclic amines) is 1. The van der Waals surface area contributed by atoms with Gasteiger partial charge in [0.2, 0.25) is 11.8 Å². The van der Waals surface area contributed by atoms with Crippen molar-refractivity contribution in [3.63, 3.8) is 0 Å². The molecule has 2 amide bonds. The maximum absolute atomic E-state index is 12.4. The molecule has 3 rings (SSSR count). The third kappa shape index (κ3) is 6.58. The number of H-pyrrole nitrogens is 1. The van der Waals surface area contributed by atoms with Crippen molar-refractivity contribution in [1.82, 2.24) is 25.6 Å². The van der Waals surface area contributed by atoms with Crippen LogP contribution in [0, 0.1) is 0 Å². The summed E-state index contributed by atoms with van der Waals surface area (Å²) in [7, 11) is 0. The minimum atomic E-state index is -0.0617. The van der Waals surface area contributed by atoms with Crippen LogP contribution < -0.4 is 5.32 Å². The number of carbonyl (C=O) groups excluding carboxylic acids is 2. The highest BCUT2D eigenvalue weighted by molar-refractivity contribution is 6.35. The van der Waals surface area contributed by atoms with Crippen molar-refractivity contribution < 1.29 is 9.59 Å². The van der Waals surface area contributed by atoms with Crippen LogP contribution >= 0.6 is 23.2 Å². The van der Waals surface area contributed by atoms with E-state index in [1.54, 1.807) is 35.4 Å². The van der Waals surface area contributed by atoms with Crippen LogP contribution in [-0.2, 0) is 16.0 Å². The zero-order valence-electron chi connectivity index (χ0n) is 15.9. The van der Waals surface area contributed by atoms with Gasteiger partial charge >= 0.3 is 0 Å². The molecular formula is C20H23Cl2N5O2. The minimum absolute atomic E-state index is 0.0375. The highest BCUT2D eigenvalue weighted by Crippen LogP contribution is 2.22. The van der Waals surface area contributed by atoms with Gasteiger partial charge in [-0.25, -0.2) is 0 Å². The normalized spacial score (nSPS) is 15.0. The van der Waals surface area contributed by atoms with E-state index >= 15 is 0 Å². The summed E-state index contributed by atoms with van der Waals surface area (Å²) in [6.07, 6.45) is 8.36. The Balaban J connectivity index is 1.38. The second-order valence-corrected chi connectivity index (χ2v) is 7.83. The topological polar surface area (TPSA) is 91.0 Å². The summed E-state index contributed by atoms with van der Waals surface area (Å²) in [6, 6.07) is 5.26. The quantitative estimate of drug-likeness (QED) is 0.652. The summed E-state index contributed by atoms with van der Waals surface area (Å²) < 4.78 is 0. The van der Waals surface area contributed by atoms with Crippen molar-refractivity contribution in [3.8, 4) is 0 Å². The predicted molar refractivity (Wildman–Crippen MR) is 113 cm³/mol. The average Bonchev–Trinajstić information content (AvgIpc) is 3.21. The van der Waals surface area contributed by atoms with Gasteiger partial charge in [-0.1, -0.05) is 34.5 Å². The van der Waals surface area contributed by atoms with Crippen LogP contribution in [0.2, 0.25) is 10.0 Å². The first-order chi connectivity index (χ1) is 14.0. The van der Waals surface area contributed by atoms with Gasteiger partial charge < -0.3 is 10.2 Å². The fourth-order valence-electron chi connectivity index (χ4n) is 3.22. The number of nitrogens with zero attached hydrogens (tertiary/aromatic N) is 3. The first kappa shape index (κ1) is 21.3. The molecule has 1 saturated heterocycles. The van der Waals surface area contributed by atoms with E-state index in [9.17, 15) is 9.59 Å². The molecule has 1 aromatic carbocycles. The Labute approximate surface area is 179 Å². The first-order valence-corrected chi connectivity index (χ1v) is 10.3. The van der Waals surface area contributed by atoms with Crippen LogP contribution in [0.5, 0.6) is 0 Å². The Kier molecular flexibility index (Phi) is 7.66. The number of aromatic nitrogens is 3. The summed E-state index contributed by atoms with van der Waals surface area (Å²) in [5.41, 5.74) is 1.61. The molecular weight excluding hydrogens is 413 g/mol. The summed E-state index contributed by atoms with van der Waals surface area (Å²) in [5.74, 6) is -0.0241. The van der Waals surface area contributed by atoms with E-state index in [2.05, 4.69) is 20.7 Å². The molecule has 1 aromatic heterocycles. The first-order valence-electron chi connectivity index (χ1n) is 9.58. The van der Waals surface area contributed by atoms with Crippen LogP contribution in [0.25, 0.3) is 6.08 Å². The second kappa shape index (κ2) is 10.4. The Morgan fingerprint density at radius 2 is 2.07 bits per heavy atom. The number of carbonyl (C=O) groups is 2. The third-order valence-corrected chi connectivity index (χ3v) is 5.41. The molecule has 1 aliphatic rings. The van der Waals surface area contributed by atoms with Gasteiger partial charge in [-0.3, -0.25) is 14.7 Å². The van der Waals surface area contributed by atoms with E-state index in [1.807, 2.05) is 0 Å². The van der Waals surface area contributed by atoms with Crippen LogP contribution in [0.4, 0.5) is 0 Å². The fourth-order valence-corrected chi connectivity index (χ4v) is 3.70. The summed E-state index contributed by atoms with van der Waals surface area (Å²) in [4.78, 5) is 26.3. The summed E-state index contributed by atoms with van der Waals surface area (Å²) >= 11 is 12.0. The number of nitrogens with one attached hydrogen (secondary N) is 2. The van der Waals surface area contributed by atoms with E-state index in [1.165, 1.54) is 6.08 Å². The van der Waals surface area contributed by atoms with E-state index in [0.29, 0.717) is 29.6 Å². The fraction of sp³-hybridized carbons (Fsp3) is 0.400. The number of piperidine rings is 1. The number of halogens is 2. The van der Waals surface area contributed by atoms with Crippen molar-refractivity contribution in [2.45, 2.75) is 38.1 Å². The average molecular weight is 436 g/mol. The Morgan fingerprint density at radius 3 is 2.76 bits per heavy atom. The molecule has 0 saturated carbocycles. The molecule has 0 aliphatic carbocycles. The van der Waals surface area contributed by atoms with Crippen LogP contribution in [0.1, 0.15) is 36.9 Å². The second-order valence-electron chi connectivity index (χ2n) is 6.98. The van der Waals surface area contributed by atoms with E-state index in [-0.39, 0.29) is 17.9 Å². The van der Waals surface area contributed by atoms with Gasteiger partial charge in [-0.15, -0.1) is 5.10 Å². The molecule has 2 heterocycles. The van der Waals surface area contributed by atoms with Crippen molar-refractivity contribution in [3.05, 3.63) is 51.8 Å². The monoisotopic (exact) mass is 435 g/mol. The van der Waals surface area contributed by atoms with Crippen molar-refractivity contribution in [1.29, 1.82) is 0 Å². The lowest BCUT2D eigenvalue weighted by molar-refractivity contribution is -0.127. The predicted octanol–water partition coefficient (Wildman–Crippen LogP) is 3.25. The Bertz CT molecular complexity index is 862. The number of hydrogen-bond donors (Lipinski definition) is 2. The van der Waals surface area contributed by atoms with Gasteiger partial charge in [0, 0.05) is 47.9 Å². The molecule has 0 bridgehead atoms. The van der Waals surface area contributed by atoms with Crippen molar-refractivity contribution in [2.75, 3.05) is 13.1 Å². The molecule has 0 atom stereocenters.